The summed E-state index contributed by atoms with van der Waals surface area (Å²) in [7, 11) is 0. The van der Waals surface area contributed by atoms with Gasteiger partial charge in [0.15, 0.2) is 0 Å². The molecule has 1 amide bonds. The molecule has 1 N–H and O–H groups in total. The number of hydrogen-bond donors (Lipinski definition) is 1. The number of hydrogen-bond acceptors (Lipinski definition) is 2. The number of nitrogens with one attached hydrogen (secondary N) is 1. The highest BCUT2D eigenvalue weighted by Crippen LogP contribution is 2.37. The Morgan fingerprint density at radius 3 is 2.42 bits per heavy atom. The van der Waals surface area contributed by atoms with E-state index in [4.69, 9.17) is 27.9 Å². The molecule has 138 valence electrons. The van der Waals surface area contributed by atoms with Gasteiger partial charge in [0.05, 0.1) is 11.5 Å². The van der Waals surface area contributed by atoms with Gasteiger partial charge in [0.25, 0.3) is 0 Å². The summed E-state index contributed by atoms with van der Waals surface area (Å²) in [6.07, 6.45) is 1.31. The number of rotatable bonds is 4. The van der Waals surface area contributed by atoms with Crippen LogP contribution < -0.4 is 5.32 Å². The lowest BCUT2D eigenvalue weighted by Crippen LogP contribution is -2.48. The Morgan fingerprint density at radius 1 is 1.15 bits per heavy atom. The second-order valence-corrected chi connectivity index (χ2v) is 8.32. The van der Waals surface area contributed by atoms with Gasteiger partial charge in [-0.25, -0.2) is 0 Å². The van der Waals surface area contributed by atoms with Crippen LogP contribution >= 0.6 is 39.1 Å². The molecule has 1 fully saturated rings. The molecule has 0 saturated carbocycles. The van der Waals surface area contributed by atoms with Crippen molar-refractivity contribution in [1.29, 1.82) is 0 Å². The van der Waals surface area contributed by atoms with Crippen LogP contribution in [0.15, 0.2) is 46.9 Å². The quantitative estimate of drug-likeness (QED) is 0.642. The molecule has 3 rings (SSSR count). The van der Waals surface area contributed by atoms with E-state index in [2.05, 4.69) is 21.2 Å². The van der Waals surface area contributed by atoms with Gasteiger partial charge in [-0.3, -0.25) is 4.79 Å². The van der Waals surface area contributed by atoms with Gasteiger partial charge >= 0.3 is 0 Å². The van der Waals surface area contributed by atoms with Crippen molar-refractivity contribution in [3.8, 4) is 0 Å². The van der Waals surface area contributed by atoms with Crippen molar-refractivity contribution in [2.24, 2.45) is 0 Å². The maximum atomic E-state index is 13.3. The van der Waals surface area contributed by atoms with Crippen LogP contribution in [0.25, 0.3) is 0 Å². The number of ether oxygens (including phenoxy) is 1. The zero-order chi connectivity index (χ0) is 18.7. The molecule has 3 nitrogen and oxygen atoms in total. The molecule has 0 aliphatic carbocycles. The van der Waals surface area contributed by atoms with Crippen LogP contribution in [0.5, 0.6) is 0 Å². The van der Waals surface area contributed by atoms with Gasteiger partial charge in [0.1, 0.15) is 0 Å². The van der Waals surface area contributed by atoms with Crippen LogP contribution in [0.4, 0.5) is 0 Å². The molecule has 1 saturated heterocycles. The first-order valence-corrected chi connectivity index (χ1v) is 10.1. The standard InChI is InChI=1S/C20H20BrCl2NO2/c1-13(17-7-6-16(22)12-18(17)23)24-19(25)20(8-10-26-11-9-20)14-2-4-15(21)5-3-14/h2-7,12-13H,8-11H2,1H3,(H,24,25). The highest BCUT2D eigenvalue weighted by Gasteiger charge is 2.42. The minimum atomic E-state index is -0.591. The van der Waals surface area contributed by atoms with E-state index in [1.807, 2.05) is 37.3 Å². The Labute approximate surface area is 172 Å². The number of benzene rings is 2. The number of carbonyl (C=O) groups is 1. The molecule has 2 aromatic rings. The van der Waals surface area contributed by atoms with Gasteiger partial charge in [0, 0.05) is 27.7 Å². The average Bonchev–Trinajstić information content (AvgIpc) is 2.62. The van der Waals surface area contributed by atoms with Crippen LogP contribution in [0.3, 0.4) is 0 Å². The third-order valence-corrected chi connectivity index (χ3v) is 6.05. The predicted molar refractivity (Wildman–Crippen MR) is 109 cm³/mol. The van der Waals surface area contributed by atoms with E-state index in [0.717, 1.165) is 15.6 Å². The highest BCUT2D eigenvalue weighted by atomic mass is 79.9. The molecule has 2 aromatic carbocycles. The van der Waals surface area contributed by atoms with E-state index in [1.54, 1.807) is 12.1 Å². The second kappa shape index (κ2) is 8.30. The monoisotopic (exact) mass is 455 g/mol. The highest BCUT2D eigenvalue weighted by molar-refractivity contribution is 9.10. The third-order valence-electron chi connectivity index (χ3n) is 4.95. The summed E-state index contributed by atoms with van der Waals surface area (Å²) < 4.78 is 6.51. The summed E-state index contributed by atoms with van der Waals surface area (Å²) in [5, 5.41) is 4.27. The fraction of sp³-hybridized carbons (Fsp3) is 0.350. The zero-order valence-corrected chi connectivity index (χ0v) is 17.5. The molecule has 0 aromatic heterocycles. The normalized spacial score (nSPS) is 17.5. The van der Waals surface area contributed by atoms with Crippen molar-refractivity contribution in [3.63, 3.8) is 0 Å². The van der Waals surface area contributed by atoms with Crippen molar-refractivity contribution in [1.82, 2.24) is 5.32 Å². The summed E-state index contributed by atoms with van der Waals surface area (Å²) >= 11 is 15.7. The van der Waals surface area contributed by atoms with Crippen molar-refractivity contribution in [2.45, 2.75) is 31.2 Å². The van der Waals surface area contributed by atoms with Gasteiger partial charge < -0.3 is 10.1 Å². The van der Waals surface area contributed by atoms with Gasteiger partial charge in [-0.15, -0.1) is 0 Å². The minimum Gasteiger partial charge on any atom is -0.381 e. The van der Waals surface area contributed by atoms with Crippen molar-refractivity contribution < 1.29 is 9.53 Å². The molecule has 1 heterocycles. The maximum absolute atomic E-state index is 13.3. The average molecular weight is 457 g/mol. The van der Waals surface area contributed by atoms with Crippen LogP contribution in [0.1, 0.15) is 36.9 Å². The lowest BCUT2D eigenvalue weighted by molar-refractivity contribution is -0.131. The van der Waals surface area contributed by atoms with Crippen molar-refractivity contribution >= 4 is 45.0 Å². The molecule has 1 aliphatic heterocycles. The molecule has 6 heteroatoms. The second-order valence-electron chi connectivity index (χ2n) is 6.56. The van der Waals surface area contributed by atoms with Crippen molar-refractivity contribution in [2.75, 3.05) is 13.2 Å². The van der Waals surface area contributed by atoms with E-state index in [-0.39, 0.29) is 11.9 Å². The molecule has 0 bridgehead atoms. The van der Waals surface area contributed by atoms with E-state index in [1.165, 1.54) is 0 Å². The van der Waals surface area contributed by atoms with Crippen LogP contribution in [0, 0.1) is 0 Å². The van der Waals surface area contributed by atoms with Crippen LogP contribution in [-0.2, 0) is 14.9 Å². The smallest absolute Gasteiger partial charge is 0.231 e. The molecule has 1 unspecified atom stereocenters. The molecule has 26 heavy (non-hydrogen) atoms. The first-order chi connectivity index (χ1) is 12.4. The van der Waals surface area contributed by atoms with Crippen LogP contribution in [-0.4, -0.2) is 19.1 Å². The first-order valence-electron chi connectivity index (χ1n) is 8.52. The summed E-state index contributed by atoms with van der Waals surface area (Å²) in [5.41, 5.74) is 1.27. The molecule has 0 radical (unpaired) electrons. The fourth-order valence-electron chi connectivity index (χ4n) is 3.40. The maximum Gasteiger partial charge on any atom is 0.231 e. The molecular weight excluding hydrogens is 437 g/mol. The summed E-state index contributed by atoms with van der Waals surface area (Å²) in [4.78, 5) is 13.3. The Bertz CT molecular complexity index is 789. The fourth-order valence-corrected chi connectivity index (χ4v) is 4.24. The Hall–Kier alpha value is -1.07. The Kier molecular flexibility index (Phi) is 6.29. The van der Waals surface area contributed by atoms with E-state index >= 15 is 0 Å². The summed E-state index contributed by atoms with van der Waals surface area (Å²) in [6.45, 7) is 3.07. The van der Waals surface area contributed by atoms with E-state index in [9.17, 15) is 4.79 Å². The summed E-state index contributed by atoms with van der Waals surface area (Å²) in [5.74, 6) is 0.00152. The minimum absolute atomic E-state index is 0.00152. The third kappa shape index (κ3) is 4.09. The lowest BCUT2D eigenvalue weighted by atomic mass is 9.73. The molecular formula is C20H20BrCl2NO2. The van der Waals surface area contributed by atoms with Gasteiger partial charge in [-0.1, -0.05) is 57.3 Å². The van der Waals surface area contributed by atoms with Gasteiger partial charge in [0.2, 0.25) is 5.91 Å². The molecule has 0 spiro atoms. The molecule has 1 aliphatic rings. The zero-order valence-electron chi connectivity index (χ0n) is 14.4. The van der Waals surface area contributed by atoms with Crippen LogP contribution in [0.2, 0.25) is 10.0 Å². The van der Waals surface area contributed by atoms with E-state index in [0.29, 0.717) is 36.1 Å². The first kappa shape index (κ1) is 19.7. The number of carbonyl (C=O) groups excluding carboxylic acids is 1. The largest absolute Gasteiger partial charge is 0.381 e. The summed E-state index contributed by atoms with van der Waals surface area (Å²) in [6, 6.07) is 13.1. The number of halogens is 3. The van der Waals surface area contributed by atoms with Crippen molar-refractivity contribution in [3.05, 3.63) is 68.1 Å². The lowest BCUT2D eigenvalue weighted by Gasteiger charge is -2.37. The molecule has 1 atom stereocenters. The van der Waals surface area contributed by atoms with Gasteiger partial charge in [-0.05, 0) is 55.2 Å². The Balaban J connectivity index is 1.87. The topological polar surface area (TPSA) is 38.3 Å². The SMILES string of the molecule is CC(NC(=O)C1(c2ccc(Br)cc2)CCOCC1)c1ccc(Cl)cc1Cl. The number of amides is 1. The van der Waals surface area contributed by atoms with Gasteiger partial charge in [-0.2, -0.15) is 0 Å². The van der Waals surface area contributed by atoms with E-state index < -0.39 is 5.41 Å². The predicted octanol–water partition coefficient (Wildman–Crippen LogP) is 5.68. The Morgan fingerprint density at radius 2 is 1.81 bits per heavy atom.